The summed E-state index contributed by atoms with van der Waals surface area (Å²) in [5.41, 5.74) is 1.60. The minimum absolute atomic E-state index is 0.0147. The molecule has 4 nitrogen and oxygen atoms in total. The average Bonchev–Trinajstić information content (AvgIpc) is 2.59. The maximum absolute atomic E-state index is 12.4. The zero-order valence-corrected chi connectivity index (χ0v) is 17.9. The molecule has 30 heavy (non-hydrogen) atoms. The maximum Gasteiger partial charge on any atom is 0.389 e. The topological polar surface area (TPSA) is 60.4 Å². The number of sulfone groups is 1. The summed E-state index contributed by atoms with van der Waals surface area (Å²) in [4.78, 5) is 11.8. The molecule has 2 rings (SSSR count). The number of carbonyl (C=O) groups excluding carboxylic acids is 1. The van der Waals surface area contributed by atoms with Gasteiger partial charge in [-0.3, -0.25) is 4.79 Å². The van der Waals surface area contributed by atoms with Crippen molar-refractivity contribution in [3.63, 3.8) is 0 Å². The second-order valence-corrected chi connectivity index (χ2v) is 10.0. The van der Waals surface area contributed by atoms with Gasteiger partial charge in [0, 0.05) is 6.42 Å². The van der Waals surface area contributed by atoms with Crippen LogP contribution in [0, 0.1) is 0 Å². The Labute approximate surface area is 175 Å². The lowest BCUT2D eigenvalue weighted by Gasteiger charge is -2.19. The molecule has 0 saturated heterocycles. The average molecular weight is 442 g/mol. The van der Waals surface area contributed by atoms with Crippen molar-refractivity contribution >= 4 is 15.8 Å². The van der Waals surface area contributed by atoms with Crippen LogP contribution in [-0.2, 0) is 25.8 Å². The molecule has 2 aromatic rings. The van der Waals surface area contributed by atoms with Gasteiger partial charge in [0.05, 0.1) is 4.90 Å². The molecule has 0 N–H and O–H groups in total. The number of rotatable bonds is 7. The molecular formula is C22H25F3O4S. The van der Waals surface area contributed by atoms with Gasteiger partial charge in [-0.2, -0.15) is 13.2 Å². The standard InChI is InChI=1S/C22H25F3O4S/c1-21(2,3)29-20(26)15-30(27,28)19-12-10-18(11-13-19)17-8-6-16(7-9-17)5-4-14-22(23,24)25/h6-13H,4-5,14-15H2,1-3H3. The highest BCUT2D eigenvalue weighted by molar-refractivity contribution is 7.92. The van der Waals surface area contributed by atoms with E-state index in [2.05, 4.69) is 0 Å². The molecule has 0 aliphatic rings. The van der Waals surface area contributed by atoms with E-state index in [1.165, 1.54) is 12.1 Å². The van der Waals surface area contributed by atoms with E-state index in [1.807, 2.05) is 0 Å². The summed E-state index contributed by atoms with van der Waals surface area (Å²) in [6, 6.07) is 13.2. The fourth-order valence-corrected chi connectivity index (χ4v) is 3.91. The van der Waals surface area contributed by atoms with Crippen molar-refractivity contribution in [3.05, 3.63) is 54.1 Å². The number of alkyl halides is 3. The Hall–Kier alpha value is -2.35. The van der Waals surface area contributed by atoms with E-state index < -0.39 is 39.8 Å². The van der Waals surface area contributed by atoms with Crippen LogP contribution in [0.4, 0.5) is 13.2 Å². The molecule has 0 unspecified atom stereocenters. The fourth-order valence-electron chi connectivity index (χ4n) is 2.82. The largest absolute Gasteiger partial charge is 0.459 e. The van der Waals surface area contributed by atoms with Crippen LogP contribution >= 0.6 is 0 Å². The Bertz CT molecular complexity index is 955. The molecule has 0 atom stereocenters. The maximum atomic E-state index is 12.4. The molecule has 0 spiro atoms. The van der Waals surface area contributed by atoms with E-state index in [0.29, 0.717) is 6.42 Å². The molecule has 8 heteroatoms. The van der Waals surface area contributed by atoms with Crippen LogP contribution in [0.15, 0.2) is 53.4 Å². The van der Waals surface area contributed by atoms with Crippen LogP contribution in [0.2, 0.25) is 0 Å². The van der Waals surface area contributed by atoms with Crippen molar-refractivity contribution in [3.8, 4) is 11.1 Å². The SMILES string of the molecule is CC(C)(C)OC(=O)CS(=O)(=O)c1ccc(-c2ccc(CCCC(F)(F)F)cc2)cc1. The second-order valence-electron chi connectivity index (χ2n) is 8.04. The Balaban J connectivity index is 2.03. The summed E-state index contributed by atoms with van der Waals surface area (Å²) >= 11 is 0. The quantitative estimate of drug-likeness (QED) is 0.542. The van der Waals surface area contributed by atoms with Crippen LogP contribution in [-0.4, -0.2) is 31.9 Å². The molecule has 0 saturated carbocycles. The lowest BCUT2D eigenvalue weighted by Crippen LogP contribution is -2.28. The highest BCUT2D eigenvalue weighted by Gasteiger charge is 2.26. The first kappa shape index (κ1) is 23.9. The van der Waals surface area contributed by atoms with Crippen LogP contribution in [0.1, 0.15) is 39.2 Å². The molecule has 0 fully saturated rings. The monoisotopic (exact) mass is 442 g/mol. The van der Waals surface area contributed by atoms with Crippen molar-refractivity contribution in [1.29, 1.82) is 0 Å². The van der Waals surface area contributed by atoms with Crippen LogP contribution in [0.3, 0.4) is 0 Å². The summed E-state index contributed by atoms with van der Waals surface area (Å²) in [7, 11) is -3.83. The van der Waals surface area contributed by atoms with Gasteiger partial charge in [0.25, 0.3) is 0 Å². The number of ether oxygens (including phenoxy) is 1. The number of esters is 1. The van der Waals surface area contributed by atoms with E-state index in [4.69, 9.17) is 4.74 Å². The third-order valence-corrected chi connectivity index (χ3v) is 5.76. The predicted octanol–water partition coefficient (Wildman–Crippen LogP) is 5.35. The van der Waals surface area contributed by atoms with Crippen molar-refractivity contribution < 1.29 is 31.1 Å². The first-order chi connectivity index (χ1) is 13.8. The van der Waals surface area contributed by atoms with Gasteiger partial charge < -0.3 is 4.74 Å². The van der Waals surface area contributed by atoms with Crippen molar-refractivity contribution in [2.45, 2.75) is 56.7 Å². The van der Waals surface area contributed by atoms with Crippen molar-refractivity contribution in [1.82, 2.24) is 0 Å². The number of hydrogen-bond acceptors (Lipinski definition) is 4. The minimum atomic E-state index is -4.15. The van der Waals surface area contributed by atoms with Gasteiger partial charge in [-0.15, -0.1) is 0 Å². The smallest absolute Gasteiger partial charge is 0.389 e. The first-order valence-corrected chi connectivity index (χ1v) is 11.1. The first-order valence-electron chi connectivity index (χ1n) is 9.46. The Morgan fingerprint density at radius 3 is 1.87 bits per heavy atom. The highest BCUT2D eigenvalue weighted by Crippen LogP contribution is 2.25. The number of halogens is 3. The van der Waals surface area contributed by atoms with E-state index in [1.54, 1.807) is 57.2 Å². The molecule has 0 amide bonds. The summed E-state index contributed by atoms with van der Waals surface area (Å²) in [6.45, 7) is 4.98. The lowest BCUT2D eigenvalue weighted by molar-refractivity contribution is -0.151. The van der Waals surface area contributed by atoms with Crippen LogP contribution < -0.4 is 0 Å². The zero-order valence-electron chi connectivity index (χ0n) is 17.1. The summed E-state index contributed by atoms with van der Waals surface area (Å²) in [5, 5.41) is 0. The fraction of sp³-hybridized carbons (Fsp3) is 0.409. The summed E-state index contributed by atoms with van der Waals surface area (Å²) in [6.07, 6.45) is -4.59. The predicted molar refractivity (Wildman–Crippen MR) is 109 cm³/mol. The van der Waals surface area contributed by atoms with Gasteiger partial charge in [0.1, 0.15) is 5.60 Å². The van der Waals surface area contributed by atoms with E-state index >= 15 is 0 Å². The molecule has 0 aliphatic carbocycles. The van der Waals surface area contributed by atoms with Gasteiger partial charge >= 0.3 is 12.1 Å². The number of hydrogen-bond donors (Lipinski definition) is 0. The normalized spacial score (nSPS) is 12.6. The van der Waals surface area contributed by atoms with E-state index in [9.17, 15) is 26.4 Å². The number of aryl methyl sites for hydroxylation is 1. The molecule has 0 bridgehead atoms. The minimum Gasteiger partial charge on any atom is -0.459 e. The van der Waals surface area contributed by atoms with Gasteiger partial charge in [-0.05, 0) is 62.4 Å². The molecule has 164 valence electrons. The molecular weight excluding hydrogens is 417 g/mol. The van der Waals surface area contributed by atoms with Gasteiger partial charge in [0.2, 0.25) is 0 Å². The van der Waals surface area contributed by atoms with Crippen molar-refractivity contribution in [2.75, 3.05) is 5.75 Å². The third kappa shape index (κ3) is 7.82. The summed E-state index contributed by atoms with van der Waals surface area (Å²) in [5.74, 6) is -1.55. The zero-order chi connectivity index (χ0) is 22.6. The lowest BCUT2D eigenvalue weighted by atomic mass is 10.0. The second kappa shape index (κ2) is 9.20. The van der Waals surface area contributed by atoms with E-state index in [0.717, 1.165) is 16.7 Å². The number of benzene rings is 2. The number of carbonyl (C=O) groups is 1. The van der Waals surface area contributed by atoms with Gasteiger partial charge in [-0.25, -0.2) is 8.42 Å². The Kier molecular flexibility index (Phi) is 7.34. The van der Waals surface area contributed by atoms with Gasteiger partial charge in [0.15, 0.2) is 15.6 Å². The highest BCUT2D eigenvalue weighted by atomic mass is 32.2. The van der Waals surface area contributed by atoms with Gasteiger partial charge in [-0.1, -0.05) is 36.4 Å². The Morgan fingerprint density at radius 1 is 0.900 bits per heavy atom. The van der Waals surface area contributed by atoms with E-state index in [-0.39, 0.29) is 11.3 Å². The molecule has 0 heterocycles. The molecule has 0 radical (unpaired) electrons. The van der Waals surface area contributed by atoms with Crippen LogP contribution in [0.5, 0.6) is 0 Å². The summed E-state index contributed by atoms with van der Waals surface area (Å²) < 4.78 is 66.6. The molecule has 0 aromatic heterocycles. The van der Waals surface area contributed by atoms with Crippen LogP contribution in [0.25, 0.3) is 11.1 Å². The Morgan fingerprint density at radius 2 is 1.40 bits per heavy atom. The molecule has 2 aromatic carbocycles. The molecule has 0 aliphatic heterocycles. The third-order valence-electron chi connectivity index (χ3n) is 4.15. The van der Waals surface area contributed by atoms with Crippen molar-refractivity contribution in [2.24, 2.45) is 0 Å².